The number of phenolic OH excluding ortho intramolecular Hbond substituents is 1. The van der Waals surface area contributed by atoms with Gasteiger partial charge in [0, 0.05) is 5.56 Å². The molecule has 3 aromatic rings. The predicted octanol–water partition coefficient (Wildman–Crippen LogP) is 5.74. The van der Waals surface area contributed by atoms with Gasteiger partial charge in [0.25, 0.3) is 0 Å². The van der Waals surface area contributed by atoms with E-state index < -0.39 is 0 Å². The zero-order chi connectivity index (χ0) is 18.2. The van der Waals surface area contributed by atoms with Crippen LogP contribution in [0.4, 0.5) is 0 Å². The minimum absolute atomic E-state index is 0.272. The van der Waals surface area contributed by atoms with Crippen LogP contribution in [-0.2, 0) is 0 Å². The van der Waals surface area contributed by atoms with Crippen LogP contribution in [0.25, 0.3) is 22.2 Å². The van der Waals surface area contributed by atoms with Gasteiger partial charge in [0.15, 0.2) is 11.6 Å². The lowest BCUT2D eigenvalue weighted by Crippen LogP contribution is -1.99. The summed E-state index contributed by atoms with van der Waals surface area (Å²) in [6.45, 7) is 2.95. The van der Waals surface area contributed by atoms with Gasteiger partial charge in [-0.1, -0.05) is 57.2 Å². The van der Waals surface area contributed by atoms with Crippen molar-refractivity contribution in [2.24, 2.45) is 0 Å². The van der Waals surface area contributed by atoms with Crippen molar-refractivity contribution in [2.45, 2.75) is 45.4 Å². The molecule has 0 aliphatic heterocycles. The molecule has 0 aliphatic rings. The molecule has 1 N–H and O–H groups in total. The highest BCUT2D eigenvalue weighted by Crippen LogP contribution is 2.25. The molecule has 0 radical (unpaired) electrons. The second kappa shape index (κ2) is 9.18. The Hall–Kier alpha value is -2.62. The molecule has 0 fully saturated rings. The number of benzene rings is 2. The summed E-state index contributed by atoms with van der Waals surface area (Å²) in [5, 5.41) is 11.6. The number of hydrogen-bond acceptors (Lipinski definition) is 4. The molecule has 0 atom stereocenters. The smallest absolute Gasteiger partial charge is 0.159 e. The first-order valence-electron chi connectivity index (χ1n) is 9.44. The maximum atomic E-state index is 9.55. The maximum absolute atomic E-state index is 9.55. The monoisotopic (exact) mass is 350 g/mol. The number of aromatic hydroxyl groups is 1. The predicted molar refractivity (Wildman–Crippen MR) is 106 cm³/mol. The fourth-order valence-corrected chi connectivity index (χ4v) is 2.98. The van der Waals surface area contributed by atoms with Crippen molar-refractivity contribution < 1.29 is 9.84 Å². The maximum Gasteiger partial charge on any atom is 0.159 e. The molecule has 26 heavy (non-hydrogen) atoms. The Kier molecular flexibility index (Phi) is 6.42. The van der Waals surface area contributed by atoms with Gasteiger partial charge in [0.05, 0.1) is 19.0 Å². The number of fused-ring (bicyclic) bond motifs is 1. The van der Waals surface area contributed by atoms with Crippen LogP contribution in [0.15, 0.2) is 48.8 Å². The van der Waals surface area contributed by atoms with Crippen molar-refractivity contribution in [3.63, 3.8) is 0 Å². The van der Waals surface area contributed by atoms with Crippen molar-refractivity contribution in [1.82, 2.24) is 9.97 Å². The largest absolute Gasteiger partial charge is 0.508 e. The zero-order valence-electron chi connectivity index (χ0n) is 15.3. The lowest BCUT2D eigenvalue weighted by atomic mass is 10.1. The molecule has 0 amide bonds. The molecule has 0 saturated heterocycles. The van der Waals surface area contributed by atoms with E-state index in [1.807, 2.05) is 24.3 Å². The number of unbranched alkanes of at least 4 members (excludes halogenated alkanes) is 5. The molecular formula is C22H26N2O2. The van der Waals surface area contributed by atoms with E-state index in [1.165, 1.54) is 32.1 Å². The van der Waals surface area contributed by atoms with E-state index in [0.717, 1.165) is 22.8 Å². The summed E-state index contributed by atoms with van der Waals surface area (Å²) in [7, 11) is 0. The topological polar surface area (TPSA) is 55.2 Å². The average molecular weight is 350 g/mol. The summed E-state index contributed by atoms with van der Waals surface area (Å²) in [6.07, 6.45) is 11.0. The van der Waals surface area contributed by atoms with Gasteiger partial charge in [0.1, 0.15) is 5.75 Å². The van der Waals surface area contributed by atoms with Crippen LogP contribution < -0.4 is 4.74 Å². The Labute approximate surface area is 154 Å². The highest BCUT2D eigenvalue weighted by molar-refractivity contribution is 5.87. The Morgan fingerprint density at radius 2 is 1.54 bits per heavy atom. The Morgan fingerprint density at radius 1 is 0.846 bits per heavy atom. The lowest BCUT2D eigenvalue weighted by Gasteiger charge is -2.07. The minimum atomic E-state index is 0.272. The third-order valence-electron chi connectivity index (χ3n) is 4.48. The van der Waals surface area contributed by atoms with Crippen LogP contribution >= 0.6 is 0 Å². The van der Waals surface area contributed by atoms with E-state index >= 15 is 0 Å². The van der Waals surface area contributed by atoms with E-state index in [2.05, 4.69) is 16.9 Å². The third kappa shape index (κ3) is 4.94. The van der Waals surface area contributed by atoms with E-state index in [9.17, 15) is 5.11 Å². The van der Waals surface area contributed by atoms with E-state index in [4.69, 9.17) is 4.74 Å². The van der Waals surface area contributed by atoms with Gasteiger partial charge in [0.2, 0.25) is 0 Å². The number of ether oxygens (including phenoxy) is 1. The van der Waals surface area contributed by atoms with Gasteiger partial charge in [-0.2, -0.15) is 0 Å². The van der Waals surface area contributed by atoms with Gasteiger partial charge < -0.3 is 9.84 Å². The highest BCUT2D eigenvalue weighted by atomic mass is 16.5. The second-order valence-corrected chi connectivity index (χ2v) is 6.60. The summed E-state index contributed by atoms with van der Waals surface area (Å²) >= 11 is 0. The summed E-state index contributed by atoms with van der Waals surface area (Å²) in [5.74, 6) is 1.66. The molecule has 1 heterocycles. The van der Waals surface area contributed by atoms with Crippen LogP contribution in [-0.4, -0.2) is 21.7 Å². The Bertz CT molecular complexity index is 831. The molecule has 4 heteroatoms. The van der Waals surface area contributed by atoms with Gasteiger partial charge in [-0.15, -0.1) is 0 Å². The first-order chi connectivity index (χ1) is 12.8. The lowest BCUT2D eigenvalue weighted by molar-refractivity contribution is 0.302. The van der Waals surface area contributed by atoms with Crippen LogP contribution in [0.1, 0.15) is 45.4 Å². The zero-order valence-corrected chi connectivity index (χ0v) is 15.3. The number of rotatable bonds is 9. The molecule has 1 aromatic heterocycles. The summed E-state index contributed by atoms with van der Waals surface area (Å²) in [5.41, 5.74) is 0.950. The third-order valence-corrected chi connectivity index (χ3v) is 4.48. The molecule has 0 aliphatic carbocycles. The summed E-state index contributed by atoms with van der Waals surface area (Å²) < 4.78 is 5.73. The number of nitrogens with zero attached hydrogens (tertiary/aromatic N) is 2. The summed E-state index contributed by atoms with van der Waals surface area (Å²) in [4.78, 5) is 8.85. The molecule has 2 aromatic carbocycles. The first kappa shape index (κ1) is 18.2. The van der Waals surface area contributed by atoms with Crippen molar-refractivity contribution in [1.29, 1.82) is 0 Å². The standard InChI is InChI=1S/C22H26N2O2/c1-2-3-4-5-6-7-12-26-21-15-23-22(24-16-21)19-9-8-18-14-20(25)11-10-17(18)13-19/h8-11,13-16,25H,2-7,12H2,1H3. The van der Waals surface area contributed by atoms with Crippen LogP contribution in [0.2, 0.25) is 0 Å². The van der Waals surface area contributed by atoms with Crippen LogP contribution in [0, 0.1) is 0 Å². The SMILES string of the molecule is CCCCCCCCOc1cnc(-c2ccc3cc(O)ccc3c2)nc1. The van der Waals surface area contributed by atoms with Crippen molar-refractivity contribution >= 4 is 10.8 Å². The quantitative estimate of drug-likeness (QED) is 0.500. The molecule has 4 nitrogen and oxygen atoms in total. The van der Waals surface area contributed by atoms with Crippen molar-refractivity contribution in [3.05, 3.63) is 48.8 Å². The molecule has 0 saturated carbocycles. The van der Waals surface area contributed by atoms with Crippen LogP contribution in [0.3, 0.4) is 0 Å². The van der Waals surface area contributed by atoms with Gasteiger partial charge >= 0.3 is 0 Å². The molecule has 136 valence electrons. The fraction of sp³-hybridized carbons (Fsp3) is 0.364. The molecule has 0 spiro atoms. The van der Waals surface area contributed by atoms with Crippen molar-refractivity contribution in [2.75, 3.05) is 6.61 Å². The highest BCUT2D eigenvalue weighted by Gasteiger charge is 2.04. The number of aromatic nitrogens is 2. The Morgan fingerprint density at radius 3 is 2.35 bits per heavy atom. The molecule has 0 unspecified atom stereocenters. The normalized spacial score (nSPS) is 11.0. The van der Waals surface area contributed by atoms with E-state index in [0.29, 0.717) is 18.2 Å². The van der Waals surface area contributed by atoms with E-state index in [-0.39, 0.29) is 5.75 Å². The van der Waals surface area contributed by atoms with Crippen LogP contribution in [0.5, 0.6) is 11.5 Å². The van der Waals surface area contributed by atoms with Crippen molar-refractivity contribution in [3.8, 4) is 22.9 Å². The van der Waals surface area contributed by atoms with Gasteiger partial charge in [-0.3, -0.25) is 0 Å². The van der Waals surface area contributed by atoms with Gasteiger partial charge in [-0.25, -0.2) is 9.97 Å². The Balaban J connectivity index is 1.55. The summed E-state index contributed by atoms with van der Waals surface area (Å²) in [6, 6.07) is 11.3. The minimum Gasteiger partial charge on any atom is -0.508 e. The molecule has 3 rings (SSSR count). The van der Waals surface area contributed by atoms with Gasteiger partial charge in [-0.05, 0) is 35.4 Å². The van der Waals surface area contributed by atoms with E-state index in [1.54, 1.807) is 24.5 Å². The average Bonchev–Trinajstić information content (AvgIpc) is 2.67. The fourth-order valence-electron chi connectivity index (χ4n) is 2.98. The number of hydrogen-bond donors (Lipinski definition) is 1. The second-order valence-electron chi connectivity index (χ2n) is 6.60. The molecule has 0 bridgehead atoms. The number of phenols is 1. The molecular weight excluding hydrogens is 324 g/mol. The first-order valence-corrected chi connectivity index (χ1v) is 9.44.